The molecule has 1 N–H and O–H groups in total. The molecule has 0 atom stereocenters. The average Bonchev–Trinajstić information content (AvgIpc) is 2.40. The molecule has 0 saturated carbocycles. The van der Waals surface area contributed by atoms with Gasteiger partial charge in [-0.05, 0) is 12.1 Å². The first-order chi connectivity index (χ1) is 9.08. The van der Waals surface area contributed by atoms with Crippen molar-refractivity contribution >= 4 is 11.6 Å². The third-order valence-electron chi connectivity index (χ3n) is 2.68. The molecule has 0 bridgehead atoms. The number of aromatic hydroxyl groups is 1. The lowest BCUT2D eigenvalue weighted by Gasteiger charge is -2.10. The highest BCUT2D eigenvalue weighted by Crippen LogP contribution is 2.37. The third kappa shape index (κ3) is 2.33. The van der Waals surface area contributed by atoms with Crippen molar-refractivity contribution in [1.29, 1.82) is 5.26 Å². The molecule has 2 aromatic rings. The van der Waals surface area contributed by atoms with Gasteiger partial charge in [0, 0.05) is 17.2 Å². The van der Waals surface area contributed by atoms with E-state index >= 15 is 0 Å². The van der Waals surface area contributed by atoms with E-state index in [0.29, 0.717) is 0 Å². The van der Waals surface area contributed by atoms with E-state index in [1.807, 2.05) is 6.07 Å². The standard InChI is InChI=1S/C14H9ClFNO2/c1-19-13-4-2-3-9(14(13)16)10-5-8(7-17)11(15)6-12(10)18/h2-6,18H,1H3. The van der Waals surface area contributed by atoms with Gasteiger partial charge in [0.25, 0.3) is 0 Å². The van der Waals surface area contributed by atoms with Gasteiger partial charge < -0.3 is 9.84 Å². The van der Waals surface area contributed by atoms with Crippen molar-refractivity contribution in [2.24, 2.45) is 0 Å². The highest BCUT2D eigenvalue weighted by Gasteiger charge is 2.15. The number of nitriles is 1. The lowest BCUT2D eigenvalue weighted by Crippen LogP contribution is -1.92. The zero-order chi connectivity index (χ0) is 14.0. The number of rotatable bonds is 2. The van der Waals surface area contributed by atoms with Crippen LogP contribution in [0.2, 0.25) is 5.02 Å². The smallest absolute Gasteiger partial charge is 0.172 e. The van der Waals surface area contributed by atoms with E-state index in [9.17, 15) is 9.50 Å². The van der Waals surface area contributed by atoms with Gasteiger partial charge in [-0.15, -0.1) is 0 Å². The molecule has 19 heavy (non-hydrogen) atoms. The number of benzene rings is 2. The summed E-state index contributed by atoms with van der Waals surface area (Å²) < 4.78 is 19.0. The normalized spacial score (nSPS) is 10.0. The van der Waals surface area contributed by atoms with Gasteiger partial charge in [0.05, 0.1) is 17.7 Å². The maximum absolute atomic E-state index is 14.1. The molecule has 2 aromatic carbocycles. The minimum absolute atomic E-state index is 0.0605. The van der Waals surface area contributed by atoms with Crippen LogP contribution >= 0.6 is 11.6 Å². The second-order valence-corrected chi connectivity index (χ2v) is 4.19. The number of hydrogen-bond donors (Lipinski definition) is 1. The summed E-state index contributed by atoms with van der Waals surface area (Å²) in [5, 5.41) is 18.9. The Labute approximate surface area is 114 Å². The summed E-state index contributed by atoms with van der Waals surface area (Å²) in [4.78, 5) is 0. The Morgan fingerprint density at radius 2 is 2.05 bits per heavy atom. The van der Waals surface area contributed by atoms with Crippen molar-refractivity contribution in [1.82, 2.24) is 0 Å². The first kappa shape index (κ1) is 13.2. The van der Waals surface area contributed by atoms with Gasteiger partial charge in [0.2, 0.25) is 0 Å². The topological polar surface area (TPSA) is 53.2 Å². The van der Waals surface area contributed by atoms with Crippen LogP contribution in [0, 0.1) is 17.1 Å². The Hall–Kier alpha value is -2.25. The fourth-order valence-corrected chi connectivity index (χ4v) is 1.94. The van der Waals surface area contributed by atoms with E-state index in [2.05, 4.69) is 0 Å². The SMILES string of the molecule is COc1cccc(-c2cc(C#N)c(Cl)cc2O)c1F. The summed E-state index contributed by atoms with van der Waals surface area (Å²) in [6.45, 7) is 0. The highest BCUT2D eigenvalue weighted by atomic mass is 35.5. The third-order valence-corrected chi connectivity index (χ3v) is 2.99. The molecular weight excluding hydrogens is 269 g/mol. The molecule has 0 radical (unpaired) electrons. The maximum atomic E-state index is 14.1. The molecule has 5 heteroatoms. The lowest BCUT2D eigenvalue weighted by atomic mass is 10.0. The minimum atomic E-state index is -0.605. The average molecular weight is 278 g/mol. The van der Waals surface area contributed by atoms with E-state index < -0.39 is 5.82 Å². The van der Waals surface area contributed by atoms with Crippen molar-refractivity contribution < 1.29 is 14.2 Å². The Kier molecular flexibility index (Phi) is 3.59. The van der Waals surface area contributed by atoms with Crippen molar-refractivity contribution in [3.63, 3.8) is 0 Å². The van der Waals surface area contributed by atoms with Gasteiger partial charge in [-0.2, -0.15) is 5.26 Å². The molecule has 96 valence electrons. The fraction of sp³-hybridized carbons (Fsp3) is 0.0714. The molecule has 0 heterocycles. The number of phenolic OH excluding ortho intramolecular Hbond substituents is 1. The van der Waals surface area contributed by atoms with Crippen LogP contribution in [0.3, 0.4) is 0 Å². The number of nitrogens with zero attached hydrogens (tertiary/aromatic N) is 1. The molecule has 0 aromatic heterocycles. The molecule has 0 amide bonds. The second kappa shape index (κ2) is 5.17. The molecular formula is C14H9ClFNO2. The molecule has 3 nitrogen and oxygen atoms in total. The van der Waals surface area contributed by atoms with Crippen molar-refractivity contribution in [3.8, 4) is 28.7 Å². The van der Waals surface area contributed by atoms with Gasteiger partial charge in [-0.25, -0.2) is 4.39 Å². The van der Waals surface area contributed by atoms with Crippen molar-refractivity contribution in [2.75, 3.05) is 7.11 Å². The summed E-state index contributed by atoms with van der Waals surface area (Å²) in [5.41, 5.74) is 0.499. The molecule has 0 saturated heterocycles. The van der Waals surface area contributed by atoms with E-state index in [0.717, 1.165) is 0 Å². The number of methoxy groups -OCH3 is 1. The van der Waals surface area contributed by atoms with Crippen LogP contribution in [0.15, 0.2) is 30.3 Å². The van der Waals surface area contributed by atoms with Crippen LogP contribution in [-0.4, -0.2) is 12.2 Å². The fourth-order valence-electron chi connectivity index (χ4n) is 1.74. The first-order valence-electron chi connectivity index (χ1n) is 5.34. The van der Waals surface area contributed by atoms with Gasteiger partial charge >= 0.3 is 0 Å². The van der Waals surface area contributed by atoms with E-state index in [-0.39, 0.29) is 33.2 Å². The molecule has 0 aliphatic heterocycles. The van der Waals surface area contributed by atoms with Crippen LogP contribution in [0.25, 0.3) is 11.1 Å². The Morgan fingerprint density at radius 3 is 2.68 bits per heavy atom. The monoisotopic (exact) mass is 277 g/mol. The number of hydrogen-bond acceptors (Lipinski definition) is 3. The summed E-state index contributed by atoms with van der Waals surface area (Å²) in [6.07, 6.45) is 0. The van der Waals surface area contributed by atoms with Crippen molar-refractivity contribution in [3.05, 3.63) is 46.7 Å². The summed E-state index contributed by atoms with van der Waals surface area (Å²) in [6, 6.07) is 9.00. The predicted octanol–water partition coefficient (Wildman–Crippen LogP) is 3.73. The molecule has 0 fully saturated rings. The van der Waals surface area contributed by atoms with Crippen LogP contribution in [0.4, 0.5) is 4.39 Å². The highest BCUT2D eigenvalue weighted by molar-refractivity contribution is 6.32. The van der Waals surface area contributed by atoms with Gasteiger partial charge in [0.1, 0.15) is 11.8 Å². The zero-order valence-electron chi connectivity index (χ0n) is 9.95. The first-order valence-corrected chi connectivity index (χ1v) is 5.71. The number of halogens is 2. The number of ether oxygens (including phenoxy) is 1. The van der Waals surface area contributed by atoms with Crippen molar-refractivity contribution in [2.45, 2.75) is 0 Å². The second-order valence-electron chi connectivity index (χ2n) is 3.78. The minimum Gasteiger partial charge on any atom is -0.507 e. The molecule has 0 aliphatic rings. The van der Waals surface area contributed by atoms with E-state index in [1.165, 1.54) is 31.4 Å². The van der Waals surface area contributed by atoms with E-state index in [4.69, 9.17) is 21.6 Å². The van der Waals surface area contributed by atoms with Crippen LogP contribution in [0.1, 0.15) is 5.56 Å². The largest absolute Gasteiger partial charge is 0.507 e. The quantitative estimate of drug-likeness (QED) is 0.910. The maximum Gasteiger partial charge on any atom is 0.172 e. The number of phenols is 1. The van der Waals surface area contributed by atoms with Crippen LogP contribution < -0.4 is 4.74 Å². The molecule has 0 spiro atoms. The van der Waals surface area contributed by atoms with E-state index in [1.54, 1.807) is 6.07 Å². The predicted molar refractivity (Wildman–Crippen MR) is 69.8 cm³/mol. The Morgan fingerprint density at radius 1 is 1.32 bits per heavy atom. The molecule has 0 unspecified atom stereocenters. The lowest BCUT2D eigenvalue weighted by molar-refractivity contribution is 0.387. The molecule has 0 aliphatic carbocycles. The van der Waals surface area contributed by atoms with Gasteiger partial charge in [-0.3, -0.25) is 0 Å². The van der Waals surface area contributed by atoms with Gasteiger partial charge in [0.15, 0.2) is 11.6 Å². The zero-order valence-corrected chi connectivity index (χ0v) is 10.7. The Bertz CT molecular complexity index is 680. The Balaban J connectivity index is 2.69. The van der Waals surface area contributed by atoms with Gasteiger partial charge in [-0.1, -0.05) is 23.7 Å². The summed E-state index contributed by atoms with van der Waals surface area (Å²) in [7, 11) is 1.35. The van der Waals surface area contributed by atoms with Crippen LogP contribution in [-0.2, 0) is 0 Å². The summed E-state index contributed by atoms with van der Waals surface area (Å²) >= 11 is 5.79. The van der Waals surface area contributed by atoms with Crippen LogP contribution in [0.5, 0.6) is 11.5 Å². The molecule has 2 rings (SSSR count). The summed E-state index contributed by atoms with van der Waals surface area (Å²) in [5.74, 6) is -0.743.